The van der Waals surface area contributed by atoms with E-state index in [0.717, 1.165) is 11.1 Å². The second-order valence-electron chi connectivity index (χ2n) is 4.81. The Morgan fingerprint density at radius 3 is 1.68 bits per heavy atom. The lowest BCUT2D eigenvalue weighted by molar-refractivity contribution is 0.265. The lowest BCUT2D eigenvalue weighted by Crippen LogP contribution is -2.10. The molecule has 0 aliphatic heterocycles. The molecule has 0 radical (unpaired) electrons. The van der Waals surface area contributed by atoms with E-state index in [1.807, 2.05) is 24.3 Å². The summed E-state index contributed by atoms with van der Waals surface area (Å²) in [5.41, 5.74) is 14.0. The van der Waals surface area contributed by atoms with Crippen LogP contribution >= 0.6 is 0 Å². The molecule has 0 saturated heterocycles. The van der Waals surface area contributed by atoms with E-state index in [2.05, 4.69) is 6.58 Å². The summed E-state index contributed by atoms with van der Waals surface area (Å²) in [6, 6.07) is 14.4. The largest absolute Gasteiger partial charge is 0.489 e. The molecular weight excluding hydrogens is 276 g/mol. The Balaban J connectivity index is 1.97. The Hall–Kier alpha value is -3.08. The first-order valence-electron chi connectivity index (χ1n) is 6.67. The van der Waals surface area contributed by atoms with Crippen LogP contribution in [0.5, 0.6) is 0 Å². The van der Waals surface area contributed by atoms with Crippen LogP contribution < -0.4 is 11.5 Å². The molecule has 0 heterocycles. The fourth-order valence-electron chi connectivity index (χ4n) is 1.87. The van der Waals surface area contributed by atoms with Gasteiger partial charge in [-0.25, -0.2) is 0 Å². The van der Waals surface area contributed by atoms with E-state index in [9.17, 15) is 0 Å². The summed E-state index contributed by atoms with van der Waals surface area (Å²) in [5, 5.41) is 14.7. The van der Waals surface area contributed by atoms with Crippen LogP contribution in [0.25, 0.3) is 5.76 Å². The van der Waals surface area contributed by atoms with Gasteiger partial charge in [0.1, 0.15) is 24.0 Å². The van der Waals surface area contributed by atoms with Crippen molar-refractivity contribution in [1.82, 2.24) is 0 Å². The third kappa shape index (κ3) is 3.73. The number of hydrogen-bond acceptors (Lipinski definition) is 3. The highest BCUT2D eigenvalue weighted by molar-refractivity contribution is 5.95. The molecule has 2 rings (SSSR count). The molecule has 0 aliphatic rings. The maximum absolute atomic E-state index is 7.35. The number of nitrogens with two attached hydrogens (primary N) is 2. The highest BCUT2D eigenvalue weighted by atomic mass is 16.5. The Labute approximate surface area is 129 Å². The van der Waals surface area contributed by atoms with Gasteiger partial charge in [0.25, 0.3) is 0 Å². The average Bonchev–Trinajstić information content (AvgIpc) is 2.53. The summed E-state index contributed by atoms with van der Waals surface area (Å²) in [6.45, 7) is 4.28. The first-order chi connectivity index (χ1) is 10.5. The van der Waals surface area contributed by atoms with Gasteiger partial charge in [-0.05, 0) is 5.56 Å². The maximum atomic E-state index is 7.35. The highest BCUT2D eigenvalue weighted by Crippen LogP contribution is 2.17. The third-order valence-electron chi connectivity index (χ3n) is 3.20. The first-order valence-corrected chi connectivity index (χ1v) is 6.67. The van der Waals surface area contributed by atoms with Crippen LogP contribution in [0, 0.1) is 10.8 Å². The molecule has 0 bridgehead atoms. The van der Waals surface area contributed by atoms with Gasteiger partial charge in [0, 0.05) is 16.7 Å². The summed E-state index contributed by atoms with van der Waals surface area (Å²) in [4.78, 5) is 0. The molecule has 0 fully saturated rings. The van der Waals surface area contributed by atoms with Crippen molar-refractivity contribution < 1.29 is 4.74 Å². The fraction of sp³-hybridized carbons (Fsp3) is 0.0588. The molecule has 0 aromatic heterocycles. The maximum Gasteiger partial charge on any atom is 0.122 e. The summed E-state index contributed by atoms with van der Waals surface area (Å²) in [7, 11) is 0. The number of ether oxygens (including phenoxy) is 1. The zero-order valence-corrected chi connectivity index (χ0v) is 12.1. The SMILES string of the molecule is C=C(OCc1ccc(C(=N)N)cc1)c1ccc(C(=N)N)cc1. The van der Waals surface area contributed by atoms with Crippen molar-refractivity contribution in [2.75, 3.05) is 0 Å². The zero-order chi connectivity index (χ0) is 16.1. The molecule has 0 amide bonds. The summed E-state index contributed by atoms with van der Waals surface area (Å²) in [6.07, 6.45) is 0. The van der Waals surface area contributed by atoms with Crippen molar-refractivity contribution in [3.8, 4) is 0 Å². The minimum Gasteiger partial charge on any atom is -0.489 e. The van der Waals surface area contributed by atoms with Gasteiger partial charge in [-0.3, -0.25) is 10.8 Å². The van der Waals surface area contributed by atoms with Crippen molar-refractivity contribution >= 4 is 17.4 Å². The van der Waals surface area contributed by atoms with E-state index >= 15 is 0 Å². The average molecular weight is 294 g/mol. The van der Waals surface area contributed by atoms with E-state index in [1.165, 1.54) is 0 Å². The summed E-state index contributed by atoms with van der Waals surface area (Å²) < 4.78 is 5.65. The van der Waals surface area contributed by atoms with Gasteiger partial charge in [0.15, 0.2) is 0 Å². The molecule has 0 unspecified atom stereocenters. The lowest BCUT2D eigenvalue weighted by atomic mass is 10.1. The Morgan fingerprint density at radius 1 is 0.818 bits per heavy atom. The van der Waals surface area contributed by atoms with Gasteiger partial charge in [-0.15, -0.1) is 0 Å². The van der Waals surface area contributed by atoms with Crippen molar-refractivity contribution in [1.29, 1.82) is 10.8 Å². The lowest BCUT2D eigenvalue weighted by Gasteiger charge is -2.10. The van der Waals surface area contributed by atoms with Crippen molar-refractivity contribution in [2.24, 2.45) is 11.5 Å². The summed E-state index contributed by atoms with van der Waals surface area (Å²) in [5.74, 6) is 0.622. The highest BCUT2D eigenvalue weighted by Gasteiger charge is 2.03. The second kappa shape index (κ2) is 6.58. The quantitative estimate of drug-likeness (QED) is 0.373. The fourth-order valence-corrected chi connectivity index (χ4v) is 1.87. The standard InChI is InChI=1S/C17H18N4O/c1-11(13-6-8-15(9-7-13)17(20)21)22-10-12-2-4-14(5-3-12)16(18)19/h2-9H,1,10H2,(H3,18,19)(H3,20,21). The van der Waals surface area contributed by atoms with Crippen molar-refractivity contribution in [3.63, 3.8) is 0 Å². The van der Waals surface area contributed by atoms with E-state index in [1.54, 1.807) is 24.3 Å². The van der Waals surface area contributed by atoms with Crippen LogP contribution in [0.3, 0.4) is 0 Å². The first kappa shape index (κ1) is 15.3. The second-order valence-corrected chi connectivity index (χ2v) is 4.81. The predicted molar refractivity (Wildman–Crippen MR) is 88.7 cm³/mol. The number of amidine groups is 2. The Morgan fingerprint density at radius 2 is 1.23 bits per heavy atom. The molecule has 112 valence electrons. The summed E-state index contributed by atoms with van der Waals surface area (Å²) >= 11 is 0. The van der Waals surface area contributed by atoms with E-state index in [4.69, 9.17) is 27.0 Å². The smallest absolute Gasteiger partial charge is 0.122 e. The Kier molecular flexibility index (Phi) is 4.58. The van der Waals surface area contributed by atoms with Crippen LogP contribution in [0.1, 0.15) is 22.3 Å². The topological polar surface area (TPSA) is 109 Å². The van der Waals surface area contributed by atoms with Gasteiger partial charge in [0.05, 0.1) is 0 Å². The monoisotopic (exact) mass is 294 g/mol. The number of benzene rings is 2. The van der Waals surface area contributed by atoms with Crippen LogP contribution in [-0.4, -0.2) is 11.7 Å². The third-order valence-corrected chi connectivity index (χ3v) is 3.20. The zero-order valence-electron chi connectivity index (χ0n) is 12.1. The number of hydrogen-bond donors (Lipinski definition) is 4. The van der Waals surface area contributed by atoms with Gasteiger partial charge in [-0.1, -0.05) is 55.1 Å². The molecule has 0 aliphatic carbocycles. The number of nitrogens with one attached hydrogen (secondary N) is 2. The van der Waals surface area contributed by atoms with Crippen LogP contribution in [0.15, 0.2) is 55.1 Å². The Bertz CT molecular complexity index is 702. The molecule has 5 nitrogen and oxygen atoms in total. The molecule has 0 spiro atoms. The molecule has 0 saturated carbocycles. The van der Waals surface area contributed by atoms with Gasteiger partial charge >= 0.3 is 0 Å². The van der Waals surface area contributed by atoms with Gasteiger partial charge < -0.3 is 16.2 Å². The minimum atomic E-state index is 0.0311. The number of nitrogen functional groups attached to an aromatic ring is 2. The minimum absolute atomic E-state index is 0.0311. The van der Waals surface area contributed by atoms with Gasteiger partial charge in [-0.2, -0.15) is 0 Å². The van der Waals surface area contributed by atoms with E-state index < -0.39 is 0 Å². The molecule has 22 heavy (non-hydrogen) atoms. The molecular formula is C17H18N4O. The van der Waals surface area contributed by atoms with Gasteiger partial charge in [0.2, 0.25) is 0 Å². The van der Waals surface area contributed by atoms with Crippen molar-refractivity contribution in [2.45, 2.75) is 6.61 Å². The predicted octanol–water partition coefficient (Wildman–Crippen LogP) is 2.44. The van der Waals surface area contributed by atoms with E-state index in [0.29, 0.717) is 23.5 Å². The molecule has 5 heteroatoms. The molecule has 6 N–H and O–H groups in total. The number of rotatable bonds is 6. The van der Waals surface area contributed by atoms with Crippen LogP contribution in [0.4, 0.5) is 0 Å². The molecule has 2 aromatic carbocycles. The molecule has 0 atom stereocenters. The molecule has 2 aromatic rings. The van der Waals surface area contributed by atoms with E-state index in [-0.39, 0.29) is 11.7 Å². The van der Waals surface area contributed by atoms with Crippen LogP contribution in [-0.2, 0) is 11.3 Å². The van der Waals surface area contributed by atoms with Crippen molar-refractivity contribution in [3.05, 3.63) is 77.4 Å². The normalized spacial score (nSPS) is 10.0. The van der Waals surface area contributed by atoms with Crippen LogP contribution in [0.2, 0.25) is 0 Å².